The number of hydrogen-bond donors (Lipinski definition) is 1. The number of rotatable bonds is 10. The Kier molecular flexibility index (Phi) is 9.14. The van der Waals surface area contributed by atoms with Crippen LogP contribution >= 0.6 is 35.0 Å². The summed E-state index contributed by atoms with van der Waals surface area (Å²) in [6.45, 7) is 2.03. The maximum absolute atomic E-state index is 12.2. The van der Waals surface area contributed by atoms with E-state index in [1.54, 1.807) is 30.0 Å². The molecule has 0 radical (unpaired) electrons. The second-order valence-electron chi connectivity index (χ2n) is 6.59. The Morgan fingerprint density at radius 1 is 1.14 bits per heavy atom. The average Bonchev–Trinajstić information content (AvgIpc) is 2.65. The van der Waals surface area contributed by atoms with Gasteiger partial charge < -0.3 is 5.32 Å². The molecule has 0 aliphatic heterocycles. The summed E-state index contributed by atoms with van der Waals surface area (Å²) in [5.41, 5.74) is 2.41. The van der Waals surface area contributed by atoms with Gasteiger partial charge in [0.1, 0.15) is 6.54 Å². The van der Waals surface area contributed by atoms with Gasteiger partial charge in [-0.3, -0.25) is 9.10 Å². The van der Waals surface area contributed by atoms with E-state index < -0.39 is 10.0 Å². The lowest BCUT2D eigenvalue weighted by Crippen LogP contribution is -2.40. The van der Waals surface area contributed by atoms with Gasteiger partial charge in [0.05, 0.1) is 11.9 Å². The first-order valence-electron chi connectivity index (χ1n) is 8.99. The minimum atomic E-state index is -3.62. The number of aryl methyl sites for hydroxylation is 1. The highest BCUT2D eigenvalue weighted by Crippen LogP contribution is 2.24. The molecule has 0 aliphatic rings. The first kappa shape index (κ1) is 23.9. The summed E-state index contributed by atoms with van der Waals surface area (Å²) < 4.78 is 25.3. The van der Waals surface area contributed by atoms with Crippen molar-refractivity contribution < 1.29 is 13.2 Å². The molecule has 9 heteroatoms. The van der Waals surface area contributed by atoms with Gasteiger partial charge in [-0.2, -0.15) is 11.8 Å². The zero-order valence-corrected chi connectivity index (χ0v) is 19.5. The molecule has 0 saturated heterocycles. The average molecular weight is 475 g/mol. The summed E-state index contributed by atoms with van der Waals surface area (Å²) in [7, 11) is -3.62. The van der Waals surface area contributed by atoms with E-state index in [1.165, 1.54) is 5.56 Å². The smallest absolute Gasteiger partial charge is 0.240 e. The summed E-state index contributed by atoms with van der Waals surface area (Å²) in [5, 5.41) is 3.95. The topological polar surface area (TPSA) is 66.5 Å². The molecule has 29 heavy (non-hydrogen) atoms. The number of halogens is 2. The van der Waals surface area contributed by atoms with Gasteiger partial charge in [-0.1, -0.05) is 41.4 Å². The van der Waals surface area contributed by atoms with Crippen molar-refractivity contribution in [2.24, 2.45) is 0 Å². The van der Waals surface area contributed by atoms with Crippen molar-refractivity contribution in [1.29, 1.82) is 0 Å². The molecule has 2 aromatic carbocycles. The van der Waals surface area contributed by atoms with E-state index >= 15 is 0 Å². The Labute approximate surface area is 186 Å². The molecule has 0 saturated carbocycles. The molecule has 0 aliphatic carbocycles. The van der Waals surface area contributed by atoms with Gasteiger partial charge in [0.15, 0.2) is 0 Å². The maximum Gasteiger partial charge on any atom is 0.240 e. The van der Waals surface area contributed by atoms with Crippen molar-refractivity contribution >= 4 is 56.6 Å². The number of hydrogen-bond acceptors (Lipinski definition) is 4. The Morgan fingerprint density at radius 2 is 1.83 bits per heavy atom. The van der Waals surface area contributed by atoms with Crippen molar-refractivity contribution in [3.05, 3.63) is 63.6 Å². The fourth-order valence-electron chi connectivity index (χ4n) is 2.50. The quantitative estimate of drug-likeness (QED) is 0.514. The Bertz CT molecular complexity index is 935. The number of carbonyl (C=O) groups excluding carboxylic acids is 1. The largest absolute Gasteiger partial charge is 0.354 e. The van der Waals surface area contributed by atoms with E-state index in [4.69, 9.17) is 23.2 Å². The first-order valence-corrected chi connectivity index (χ1v) is 12.8. The Hall–Kier alpha value is -1.41. The van der Waals surface area contributed by atoms with Crippen LogP contribution in [0.5, 0.6) is 0 Å². The molecule has 2 aromatic rings. The molecule has 158 valence electrons. The molecule has 1 N–H and O–H groups in total. The summed E-state index contributed by atoms with van der Waals surface area (Å²) in [6.07, 6.45) is 1.86. The first-order chi connectivity index (χ1) is 13.7. The highest BCUT2D eigenvalue weighted by molar-refractivity contribution is 7.98. The third kappa shape index (κ3) is 8.09. The van der Waals surface area contributed by atoms with Crippen LogP contribution in [0.2, 0.25) is 10.0 Å². The van der Waals surface area contributed by atoms with Crippen molar-refractivity contribution in [2.45, 2.75) is 19.1 Å². The lowest BCUT2D eigenvalue weighted by atomic mass is 10.2. The predicted molar refractivity (Wildman–Crippen MR) is 124 cm³/mol. The van der Waals surface area contributed by atoms with Crippen molar-refractivity contribution in [3.8, 4) is 0 Å². The van der Waals surface area contributed by atoms with Crippen molar-refractivity contribution in [1.82, 2.24) is 5.32 Å². The van der Waals surface area contributed by atoms with Crippen molar-refractivity contribution in [2.75, 3.05) is 29.4 Å². The van der Waals surface area contributed by atoms with Gasteiger partial charge in [0.2, 0.25) is 15.9 Å². The molecule has 0 fully saturated rings. The highest BCUT2D eigenvalue weighted by Gasteiger charge is 2.21. The number of anilines is 1. The normalized spacial score (nSPS) is 11.3. The molecule has 0 unspecified atom stereocenters. The van der Waals surface area contributed by atoms with Gasteiger partial charge in [-0.05, 0) is 54.5 Å². The molecular weight excluding hydrogens is 451 g/mol. The molecule has 0 heterocycles. The molecule has 1 amide bonds. The van der Waals surface area contributed by atoms with Gasteiger partial charge in [0, 0.05) is 22.3 Å². The van der Waals surface area contributed by atoms with Crippen LogP contribution in [0.1, 0.15) is 17.5 Å². The predicted octanol–water partition coefficient (Wildman–Crippen LogP) is 4.51. The molecule has 0 bridgehead atoms. The van der Waals surface area contributed by atoms with Crippen LogP contribution in [0, 0.1) is 6.92 Å². The second kappa shape index (κ2) is 11.1. The molecule has 5 nitrogen and oxygen atoms in total. The molecule has 0 spiro atoms. The minimum absolute atomic E-state index is 0.282. The monoisotopic (exact) mass is 474 g/mol. The zero-order valence-electron chi connectivity index (χ0n) is 16.3. The van der Waals surface area contributed by atoms with Crippen LogP contribution in [0.3, 0.4) is 0 Å². The molecule has 2 rings (SSSR count). The number of benzene rings is 2. The van der Waals surface area contributed by atoms with Crippen LogP contribution < -0.4 is 9.62 Å². The lowest BCUT2D eigenvalue weighted by Gasteiger charge is -2.22. The van der Waals surface area contributed by atoms with Gasteiger partial charge in [-0.25, -0.2) is 8.42 Å². The lowest BCUT2D eigenvalue weighted by molar-refractivity contribution is -0.119. The summed E-state index contributed by atoms with van der Waals surface area (Å²) in [4.78, 5) is 12.2. The van der Waals surface area contributed by atoms with Gasteiger partial charge >= 0.3 is 0 Å². The van der Waals surface area contributed by atoms with Crippen LogP contribution in [0.15, 0.2) is 42.5 Å². The second-order valence-corrected chi connectivity index (χ2v) is 10.4. The zero-order chi connectivity index (χ0) is 21.4. The van der Waals surface area contributed by atoms with E-state index in [-0.39, 0.29) is 12.5 Å². The standard InChI is InChI=1S/C20H24Cl2N2O3S2/c1-15-4-9-18(12-19(15)22)24(29(2,26)27)13-20(25)23-10-3-11-28-14-16-5-7-17(21)8-6-16/h4-9,12H,3,10-11,13-14H2,1-2H3,(H,23,25). The molecule has 0 atom stereocenters. The number of amides is 1. The van der Waals surface area contributed by atoms with E-state index in [2.05, 4.69) is 5.32 Å². The minimum Gasteiger partial charge on any atom is -0.354 e. The van der Waals surface area contributed by atoms with Gasteiger partial charge in [-0.15, -0.1) is 0 Å². The fraction of sp³-hybridized carbons (Fsp3) is 0.350. The van der Waals surface area contributed by atoms with E-state index in [1.807, 2.05) is 31.2 Å². The van der Waals surface area contributed by atoms with Gasteiger partial charge in [0.25, 0.3) is 0 Å². The highest BCUT2D eigenvalue weighted by atomic mass is 35.5. The van der Waals surface area contributed by atoms with Crippen LogP contribution in [-0.4, -0.2) is 39.4 Å². The molecular formula is C20H24Cl2N2O3S2. The van der Waals surface area contributed by atoms with E-state index in [0.717, 1.165) is 39.1 Å². The Morgan fingerprint density at radius 3 is 2.45 bits per heavy atom. The molecule has 0 aromatic heterocycles. The number of carbonyl (C=O) groups is 1. The Balaban J connectivity index is 1.78. The number of nitrogens with zero attached hydrogens (tertiary/aromatic N) is 1. The maximum atomic E-state index is 12.2. The van der Waals surface area contributed by atoms with Crippen LogP contribution in [0.4, 0.5) is 5.69 Å². The summed E-state index contributed by atoms with van der Waals surface area (Å²) in [6, 6.07) is 12.6. The summed E-state index contributed by atoms with van der Waals surface area (Å²) in [5.74, 6) is 1.41. The number of nitrogens with one attached hydrogen (secondary N) is 1. The van der Waals surface area contributed by atoms with Crippen LogP contribution in [0.25, 0.3) is 0 Å². The van der Waals surface area contributed by atoms with E-state index in [0.29, 0.717) is 17.3 Å². The third-order valence-electron chi connectivity index (χ3n) is 4.10. The van der Waals surface area contributed by atoms with E-state index in [9.17, 15) is 13.2 Å². The number of sulfonamides is 1. The SMILES string of the molecule is Cc1ccc(N(CC(=O)NCCCSCc2ccc(Cl)cc2)S(C)(=O)=O)cc1Cl. The third-order valence-corrected chi connectivity index (χ3v) is 7.02. The summed E-state index contributed by atoms with van der Waals surface area (Å²) >= 11 is 13.7. The van der Waals surface area contributed by atoms with Crippen LogP contribution in [-0.2, 0) is 20.6 Å². The van der Waals surface area contributed by atoms with Crippen molar-refractivity contribution in [3.63, 3.8) is 0 Å². The fourth-order valence-corrected chi connectivity index (χ4v) is 4.57. The number of thioether (sulfide) groups is 1.